The zero-order valence-electron chi connectivity index (χ0n) is 11.4. The summed E-state index contributed by atoms with van der Waals surface area (Å²) in [5.74, 6) is 0.592. The lowest BCUT2D eigenvalue weighted by atomic mass is 9.84. The van der Waals surface area contributed by atoms with E-state index in [9.17, 15) is 0 Å². The lowest BCUT2D eigenvalue weighted by Crippen LogP contribution is -2.55. The predicted octanol–water partition coefficient (Wildman–Crippen LogP) is 2.53. The van der Waals surface area contributed by atoms with Gasteiger partial charge < -0.3 is 10.6 Å². The molecule has 2 N–H and O–H groups in total. The SMILES string of the molecule is Cc1ccc(C(C)C)cc1C1(C)CNCCN1. The molecular formula is C15H24N2. The summed E-state index contributed by atoms with van der Waals surface area (Å²) < 4.78 is 0. The van der Waals surface area contributed by atoms with Crippen molar-refractivity contribution in [1.29, 1.82) is 0 Å². The predicted molar refractivity (Wildman–Crippen MR) is 73.5 cm³/mol. The van der Waals surface area contributed by atoms with Crippen molar-refractivity contribution in [2.75, 3.05) is 19.6 Å². The Kier molecular flexibility index (Phi) is 3.55. The van der Waals surface area contributed by atoms with Crippen molar-refractivity contribution in [2.24, 2.45) is 0 Å². The van der Waals surface area contributed by atoms with Crippen molar-refractivity contribution in [3.8, 4) is 0 Å². The van der Waals surface area contributed by atoms with Crippen molar-refractivity contribution in [3.05, 3.63) is 34.9 Å². The monoisotopic (exact) mass is 232 g/mol. The van der Waals surface area contributed by atoms with Gasteiger partial charge in [-0.25, -0.2) is 0 Å². The van der Waals surface area contributed by atoms with Crippen LogP contribution in [-0.4, -0.2) is 19.6 Å². The molecular weight excluding hydrogens is 208 g/mol. The van der Waals surface area contributed by atoms with Crippen LogP contribution in [0, 0.1) is 6.92 Å². The van der Waals surface area contributed by atoms with Gasteiger partial charge in [-0.15, -0.1) is 0 Å². The van der Waals surface area contributed by atoms with E-state index in [0.29, 0.717) is 5.92 Å². The Morgan fingerprint density at radius 3 is 2.59 bits per heavy atom. The maximum atomic E-state index is 3.66. The minimum Gasteiger partial charge on any atom is -0.313 e. The third-order valence-corrected chi connectivity index (χ3v) is 3.82. The fourth-order valence-corrected chi connectivity index (χ4v) is 2.61. The van der Waals surface area contributed by atoms with Crippen molar-refractivity contribution in [3.63, 3.8) is 0 Å². The summed E-state index contributed by atoms with van der Waals surface area (Å²) >= 11 is 0. The Labute approximate surface area is 105 Å². The van der Waals surface area contributed by atoms with Gasteiger partial charge in [0.25, 0.3) is 0 Å². The Morgan fingerprint density at radius 1 is 1.24 bits per heavy atom. The highest BCUT2D eigenvalue weighted by molar-refractivity contribution is 5.38. The van der Waals surface area contributed by atoms with Crippen LogP contribution in [-0.2, 0) is 5.54 Å². The number of piperazine rings is 1. The van der Waals surface area contributed by atoms with Crippen LogP contribution < -0.4 is 10.6 Å². The van der Waals surface area contributed by atoms with Crippen LogP contribution in [0.3, 0.4) is 0 Å². The molecule has 0 bridgehead atoms. The van der Waals surface area contributed by atoms with Gasteiger partial charge >= 0.3 is 0 Å². The highest BCUT2D eigenvalue weighted by Crippen LogP contribution is 2.28. The first-order chi connectivity index (χ1) is 8.03. The number of nitrogens with one attached hydrogen (secondary N) is 2. The molecule has 1 aliphatic heterocycles. The van der Waals surface area contributed by atoms with E-state index in [2.05, 4.69) is 56.5 Å². The molecule has 94 valence electrons. The molecule has 1 fully saturated rings. The summed E-state index contributed by atoms with van der Waals surface area (Å²) in [5.41, 5.74) is 4.33. The van der Waals surface area contributed by atoms with Crippen LogP contribution in [0.4, 0.5) is 0 Å². The van der Waals surface area contributed by atoms with E-state index >= 15 is 0 Å². The molecule has 0 aromatic heterocycles. The first-order valence-corrected chi connectivity index (χ1v) is 6.60. The summed E-state index contributed by atoms with van der Waals surface area (Å²) in [6.07, 6.45) is 0. The smallest absolute Gasteiger partial charge is 0.0535 e. The molecule has 2 nitrogen and oxygen atoms in total. The molecule has 2 rings (SSSR count). The van der Waals surface area contributed by atoms with Crippen LogP contribution in [0.2, 0.25) is 0 Å². The molecule has 0 radical (unpaired) electrons. The number of aryl methyl sites for hydroxylation is 1. The van der Waals surface area contributed by atoms with Gasteiger partial charge in [0.15, 0.2) is 0 Å². The molecule has 0 spiro atoms. The zero-order chi connectivity index (χ0) is 12.5. The van der Waals surface area contributed by atoms with Gasteiger partial charge in [0.05, 0.1) is 5.54 Å². The van der Waals surface area contributed by atoms with E-state index in [1.54, 1.807) is 0 Å². The average Bonchev–Trinajstić information content (AvgIpc) is 2.30. The zero-order valence-corrected chi connectivity index (χ0v) is 11.4. The Morgan fingerprint density at radius 2 is 2.00 bits per heavy atom. The van der Waals surface area contributed by atoms with Crippen molar-refractivity contribution < 1.29 is 0 Å². The summed E-state index contributed by atoms with van der Waals surface area (Å²) in [6, 6.07) is 6.88. The second-order valence-electron chi connectivity index (χ2n) is 5.66. The van der Waals surface area contributed by atoms with Crippen LogP contribution in [0.15, 0.2) is 18.2 Å². The van der Waals surface area contributed by atoms with E-state index in [0.717, 1.165) is 19.6 Å². The Hall–Kier alpha value is -0.860. The second kappa shape index (κ2) is 4.79. The van der Waals surface area contributed by atoms with Gasteiger partial charge in [0, 0.05) is 19.6 Å². The molecule has 1 aromatic rings. The molecule has 1 aromatic carbocycles. The van der Waals surface area contributed by atoms with Crippen LogP contribution >= 0.6 is 0 Å². The van der Waals surface area contributed by atoms with E-state index in [1.807, 2.05) is 0 Å². The third kappa shape index (κ3) is 2.53. The molecule has 0 amide bonds. The lowest BCUT2D eigenvalue weighted by molar-refractivity contribution is 0.301. The van der Waals surface area contributed by atoms with Gasteiger partial charge in [0.2, 0.25) is 0 Å². The molecule has 0 saturated carbocycles. The summed E-state index contributed by atoms with van der Waals surface area (Å²) in [7, 11) is 0. The van der Waals surface area contributed by atoms with E-state index in [-0.39, 0.29) is 5.54 Å². The third-order valence-electron chi connectivity index (χ3n) is 3.82. The van der Waals surface area contributed by atoms with E-state index in [1.165, 1.54) is 16.7 Å². The largest absolute Gasteiger partial charge is 0.313 e. The second-order valence-corrected chi connectivity index (χ2v) is 5.66. The lowest BCUT2D eigenvalue weighted by Gasteiger charge is -2.37. The van der Waals surface area contributed by atoms with E-state index in [4.69, 9.17) is 0 Å². The van der Waals surface area contributed by atoms with Crippen molar-refractivity contribution in [2.45, 2.75) is 39.2 Å². The fourth-order valence-electron chi connectivity index (χ4n) is 2.61. The number of benzene rings is 1. The molecule has 1 heterocycles. The maximum absolute atomic E-state index is 3.66. The molecule has 0 aliphatic carbocycles. The summed E-state index contributed by atoms with van der Waals surface area (Å²) in [6.45, 7) is 12.1. The molecule has 1 unspecified atom stereocenters. The molecule has 17 heavy (non-hydrogen) atoms. The quantitative estimate of drug-likeness (QED) is 0.819. The highest BCUT2D eigenvalue weighted by Gasteiger charge is 2.29. The van der Waals surface area contributed by atoms with Gasteiger partial charge in [-0.05, 0) is 36.5 Å². The molecule has 2 heteroatoms. The standard InChI is InChI=1S/C15H24N2/c1-11(2)13-6-5-12(3)14(9-13)15(4)10-16-7-8-17-15/h5-6,9,11,16-17H,7-8,10H2,1-4H3. The number of rotatable bonds is 2. The first kappa shape index (κ1) is 12.6. The van der Waals surface area contributed by atoms with Gasteiger partial charge in [-0.1, -0.05) is 32.0 Å². The summed E-state index contributed by atoms with van der Waals surface area (Å²) in [5, 5.41) is 7.14. The van der Waals surface area contributed by atoms with Crippen molar-refractivity contribution >= 4 is 0 Å². The van der Waals surface area contributed by atoms with Gasteiger partial charge in [-0.3, -0.25) is 0 Å². The average molecular weight is 232 g/mol. The highest BCUT2D eigenvalue weighted by atomic mass is 15.1. The minimum atomic E-state index is 0.0766. The number of hydrogen-bond acceptors (Lipinski definition) is 2. The van der Waals surface area contributed by atoms with Crippen LogP contribution in [0.25, 0.3) is 0 Å². The topological polar surface area (TPSA) is 24.1 Å². The van der Waals surface area contributed by atoms with Crippen LogP contribution in [0.1, 0.15) is 43.4 Å². The fraction of sp³-hybridized carbons (Fsp3) is 0.600. The summed E-state index contributed by atoms with van der Waals surface area (Å²) in [4.78, 5) is 0. The Balaban J connectivity index is 2.38. The molecule has 1 atom stereocenters. The first-order valence-electron chi connectivity index (χ1n) is 6.60. The maximum Gasteiger partial charge on any atom is 0.0535 e. The van der Waals surface area contributed by atoms with Gasteiger partial charge in [0.1, 0.15) is 0 Å². The number of hydrogen-bond donors (Lipinski definition) is 2. The van der Waals surface area contributed by atoms with Gasteiger partial charge in [-0.2, -0.15) is 0 Å². The van der Waals surface area contributed by atoms with Crippen LogP contribution in [0.5, 0.6) is 0 Å². The normalized spacial score (nSPS) is 25.2. The molecule has 1 aliphatic rings. The molecule has 1 saturated heterocycles. The Bertz CT molecular complexity index is 390. The van der Waals surface area contributed by atoms with Crippen molar-refractivity contribution in [1.82, 2.24) is 10.6 Å². The minimum absolute atomic E-state index is 0.0766. The van der Waals surface area contributed by atoms with E-state index < -0.39 is 0 Å².